The molecule has 1 unspecified atom stereocenters. The first-order valence-electron chi connectivity index (χ1n) is 12.6. The van der Waals surface area contributed by atoms with Gasteiger partial charge in [-0.05, 0) is 36.1 Å². The number of aromatic nitrogens is 1. The number of aromatic amines is 1. The lowest BCUT2D eigenvalue weighted by Gasteiger charge is -2.39. The van der Waals surface area contributed by atoms with Crippen LogP contribution in [0, 0.1) is 0 Å². The molecule has 0 bridgehead atoms. The number of H-pyrrole nitrogens is 1. The third kappa shape index (κ3) is 7.38. The maximum Gasteiger partial charge on any atom is 0.0947 e. The van der Waals surface area contributed by atoms with Crippen LogP contribution in [0.5, 0.6) is 0 Å². The van der Waals surface area contributed by atoms with E-state index in [-0.39, 0.29) is 6.04 Å². The van der Waals surface area contributed by atoms with Gasteiger partial charge in [0.25, 0.3) is 0 Å². The summed E-state index contributed by atoms with van der Waals surface area (Å²) in [6.45, 7) is 31.2. The zero-order valence-corrected chi connectivity index (χ0v) is 22.6. The third-order valence-corrected chi connectivity index (χ3v) is 5.17. The first-order valence-corrected chi connectivity index (χ1v) is 12.6. The number of allylic oxidation sites excluding steroid dienone is 6. The van der Waals surface area contributed by atoms with Crippen molar-refractivity contribution in [3.8, 4) is 0 Å². The van der Waals surface area contributed by atoms with E-state index in [1.54, 1.807) is 6.08 Å². The summed E-state index contributed by atoms with van der Waals surface area (Å²) in [5, 5.41) is 1.30. The van der Waals surface area contributed by atoms with E-state index in [1.807, 2.05) is 66.7 Å². The minimum Gasteiger partial charge on any atom is -0.359 e. The number of rotatable bonds is 7. The van der Waals surface area contributed by atoms with Crippen LogP contribution in [0.15, 0.2) is 110 Å². The van der Waals surface area contributed by atoms with E-state index in [0.717, 1.165) is 24.2 Å². The zero-order chi connectivity index (χ0) is 26.1. The molecule has 34 heavy (non-hydrogen) atoms. The van der Waals surface area contributed by atoms with Crippen LogP contribution >= 0.6 is 0 Å². The molecule has 0 saturated carbocycles. The van der Waals surface area contributed by atoms with Gasteiger partial charge < -0.3 is 9.88 Å². The Hall–Kier alpha value is -3.26. The van der Waals surface area contributed by atoms with Crippen LogP contribution in [0.3, 0.4) is 0 Å². The summed E-state index contributed by atoms with van der Waals surface area (Å²) in [4.78, 5) is 6.01. The molecule has 0 spiro atoms. The summed E-state index contributed by atoms with van der Waals surface area (Å²) in [5.74, 6) is 0. The highest BCUT2D eigenvalue weighted by atomic mass is 15.2. The van der Waals surface area contributed by atoms with Crippen LogP contribution in [0.2, 0.25) is 0 Å². The Labute approximate surface area is 209 Å². The van der Waals surface area contributed by atoms with Crippen molar-refractivity contribution < 1.29 is 0 Å². The Morgan fingerprint density at radius 2 is 1.62 bits per heavy atom. The largest absolute Gasteiger partial charge is 0.359 e. The summed E-state index contributed by atoms with van der Waals surface area (Å²) >= 11 is 0. The molecule has 3 rings (SSSR count). The molecule has 0 fully saturated rings. The number of nitrogens with zero attached hydrogens (tertiary/aromatic N) is 1. The van der Waals surface area contributed by atoms with Crippen molar-refractivity contribution in [3.05, 3.63) is 121 Å². The van der Waals surface area contributed by atoms with Crippen molar-refractivity contribution in [2.45, 2.75) is 60.9 Å². The fourth-order valence-electron chi connectivity index (χ4n) is 3.91. The van der Waals surface area contributed by atoms with Crippen LogP contribution in [0.1, 0.15) is 65.8 Å². The molecule has 0 aliphatic carbocycles. The standard InChI is InChI=1S/C26H28N2.3C2H6/c1-6-9-14-19(4)20(5)28-18-17-23-22-15-10-11-16-24(22)27-25(23)26(28)21(12-7-2)13-8-3;3*1-2/h6-16,26-27H,1-2,4-5,17-18H2,3H3;3*1-2H3/b13-8-,14-9-,21-12+;;;. The lowest BCUT2D eigenvalue weighted by atomic mass is 9.90. The summed E-state index contributed by atoms with van der Waals surface area (Å²) < 4.78 is 0. The molecule has 1 atom stereocenters. The fourth-order valence-corrected chi connectivity index (χ4v) is 3.91. The topological polar surface area (TPSA) is 19.0 Å². The van der Waals surface area contributed by atoms with Gasteiger partial charge in [-0.15, -0.1) is 0 Å². The van der Waals surface area contributed by atoms with Crippen LogP contribution < -0.4 is 0 Å². The monoisotopic (exact) mass is 458 g/mol. The van der Waals surface area contributed by atoms with Crippen molar-refractivity contribution in [2.24, 2.45) is 0 Å². The van der Waals surface area contributed by atoms with Crippen LogP contribution in [0.4, 0.5) is 0 Å². The van der Waals surface area contributed by atoms with E-state index in [2.05, 4.69) is 78.7 Å². The predicted octanol–water partition coefficient (Wildman–Crippen LogP) is 9.65. The van der Waals surface area contributed by atoms with Gasteiger partial charge in [-0.2, -0.15) is 0 Å². The number of hydrogen-bond donors (Lipinski definition) is 1. The average molecular weight is 459 g/mol. The highest BCUT2D eigenvalue weighted by Crippen LogP contribution is 2.41. The molecule has 2 nitrogen and oxygen atoms in total. The minimum absolute atomic E-state index is 0.0340. The number of benzene rings is 1. The molecule has 2 aromatic rings. The Morgan fingerprint density at radius 3 is 2.21 bits per heavy atom. The van der Waals surface area contributed by atoms with Gasteiger partial charge in [-0.1, -0.05) is 129 Å². The van der Waals surface area contributed by atoms with Crippen molar-refractivity contribution in [1.29, 1.82) is 0 Å². The molecule has 1 aliphatic rings. The van der Waals surface area contributed by atoms with E-state index < -0.39 is 0 Å². The van der Waals surface area contributed by atoms with Crippen molar-refractivity contribution in [2.75, 3.05) is 6.54 Å². The third-order valence-electron chi connectivity index (χ3n) is 5.17. The average Bonchev–Trinajstić information content (AvgIpc) is 3.28. The van der Waals surface area contributed by atoms with Gasteiger partial charge in [0.1, 0.15) is 0 Å². The molecular formula is C32H46N2. The van der Waals surface area contributed by atoms with Gasteiger partial charge in [0.2, 0.25) is 0 Å². The van der Waals surface area contributed by atoms with E-state index in [4.69, 9.17) is 0 Å². The quantitative estimate of drug-likeness (QED) is 0.409. The van der Waals surface area contributed by atoms with E-state index in [9.17, 15) is 0 Å². The maximum atomic E-state index is 4.36. The van der Waals surface area contributed by atoms with E-state index >= 15 is 0 Å². The molecule has 184 valence electrons. The Bertz CT molecular complexity index is 1010. The second-order valence-corrected chi connectivity index (χ2v) is 6.88. The van der Waals surface area contributed by atoms with Gasteiger partial charge >= 0.3 is 0 Å². The van der Waals surface area contributed by atoms with Gasteiger partial charge in [0.05, 0.1) is 6.04 Å². The number of hydrogen-bond acceptors (Lipinski definition) is 1. The maximum absolute atomic E-state index is 4.36. The van der Waals surface area contributed by atoms with Gasteiger partial charge in [-0.3, -0.25) is 0 Å². The molecule has 2 heteroatoms. The van der Waals surface area contributed by atoms with Crippen molar-refractivity contribution >= 4 is 10.9 Å². The molecule has 1 N–H and O–H groups in total. The Balaban J connectivity index is 0.00000168. The lowest BCUT2D eigenvalue weighted by Crippen LogP contribution is -2.35. The first kappa shape index (κ1) is 30.7. The molecular weight excluding hydrogens is 412 g/mol. The van der Waals surface area contributed by atoms with Crippen LogP contribution in [-0.2, 0) is 6.42 Å². The Kier molecular flexibility index (Phi) is 15.6. The Morgan fingerprint density at radius 1 is 0.971 bits per heavy atom. The normalized spacial score (nSPS) is 14.7. The highest BCUT2D eigenvalue weighted by molar-refractivity contribution is 5.85. The van der Waals surface area contributed by atoms with E-state index in [1.165, 1.54) is 27.7 Å². The second-order valence-electron chi connectivity index (χ2n) is 6.88. The van der Waals surface area contributed by atoms with Gasteiger partial charge in [-0.25, -0.2) is 0 Å². The van der Waals surface area contributed by atoms with E-state index in [0.29, 0.717) is 0 Å². The van der Waals surface area contributed by atoms with Gasteiger partial charge in [0.15, 0.2) is 0 Å². The highest BCUT2D eigenvalue weighted by Gasteiger charge is 2.32. The predicted molar refractivity (Wildman–Crippen MR) is 156 cm³/mol. The zero-order valence-electron chi connectivity index (χ0n) is 22.6. The second kappa shape index (κ2) is 17.2. The summed E-state index contributed by atoms with van der Waals surface area (Å²) in [5.41, 5.74) is 6.77. The first-order chi connectivity index (χ1) is 16.6. The molecule has 0 saturated heterocycles. The molecule has 1 aliphatic heterocycles. The smallest absolute Gasteiger partial charge is 0.0947 e. The molecule has 0 radical (unpaired) electrons. The molecule has 0 amide bonds. The molecule has 1 aromatic carbocycles. The summed E-state index contributed by atoms with van der Waals surface area (Å²) in [7, 11) is 0. The lowest BCUT2D eigenvalue weighted by molar-refractivity contribution is 0.278. The van der Waals surface area contributed by atoms with Gasteiger partial charge in [0, 0.05) is 28.8 Å². The summed E-state index contributed by atoms with van der Waals surface area (Å²) in [6.07, 6.45) is 14.7. The number of nitrogens with one attached hydrogen (secondary N) is 1. The molecule has 1 aromatic heterocycles. The van der Waals surface area contributed by atoms with Crippen LogP contribution in [-0.4, -0.2) is 16.4 Å². The molecule has 2 heterocycles. The van der Waals surface area contributed by atoms with Crippen molar-refractivity contribution in [1.82, 2.24) is 9.88 Å². The SMILES string of the molecule is C=C/C=C\C(=C)C(=C)N1CCc2c([nH]c3ccccc23)C1C(/C=C\C)=C/C=C.CC.CC.CC. The fraction of sp³-hybridized carbons (Fsp3) is 0.312. The minimum atomic E-state index is 0.0340. The summed E-state index contributed by atoms with van der Waals surface area (Å²) in [6, 6.07) is 8.55. The number of fused-ring (bicyclic) bond motifs is 3. The van der Waals surface area contributed by atoms with Crippen LogP contribution in [0.25, 0.3) is 10.9 Å². The number of para-hydroxylation sites is 1. The van der Waals surface area contributed by atoms with Crippen molar-refractivity contribution in [3.63, 3.8) is 0 Å².